The van der Waals surface area contributed by atoms with E-state index in [1.54, 1.807) is 97.9 Å². The Morgan fingerprint density at radius 3 is 1.74 bits per heavy atom. The number of fused-ring (bicyclic) bond motifs is 2. The monoisotopic (exact) mass is 925 g/mol. The molecule has 62 heavy (non-hydrogen) atoms. The Bertz CT molecular complexity index is 3330. The van der Waals surface area contributed by atoms with Crippen LogP contribution in [-0.4, -0.2) is 63.7 Å². The molecule has 0 saturated carbocycles. The number of hydrogen-bond acceptors (Lipinski definition) is 11. The quantitative estimate of drug-likeness (QED) is 0.0704. The van der Waals surface area contributed by atoms with Gasteiger partial charge in [0.05, 0.1) is 15.9 Å². The predicted molar refractivity (Wildman–Crippen MR) is 237 cm³/mol. The highest BCUT2D eigenvalue weighted by Gasteiger charge is 2.34. The summed E-state index contributed by atoms with van der Waals surface area (Å²) in [6.07, 6.45) is 0. The van der Waals surface area contributed by atoms with Crippen molar-refractivity contribution in [2.45, 2.75) is 101 Å². The first-order chi connectivity index (χ1) is 28.5. The van der Waals surface area contributed by atoms with Gasteiger partial charge in [-0.15, -0.1) is 0 Å². The van der Waals surface area contributed by atoms with Crippen LogP contribution in [0.5, 0.6) is 0 Å². The van der Waals surface area contributed by atoms with E-state index >= 15 is 0 Å². The van der Waals surface area contributed by atoms with Crippen molar-refractivity contribution in [3.8, 4) is 22.5 Å². The lowest BCUT2D eigenvalue weighted by Crippen LogP contribution is -2.42. The largest absolute Gasteiger partial charge is 0.456 e. The summed E-state index contributed by atoms with van der Waals surface area (Å²) in [4.78, 5) is 3.05. The van der Waals surface area contributed by atoms with Crippen molar-refractivity contribution in [2.75, 3.05) is 5.32 Å². The molecule has 4 aromatic rings. The molecule has 0 amide bonds. The molecule has 0 fully saturated rings. The zero-order valence-electron chi connectivity index (χ0n) is 35.5. The van der Waals surface area contributed by atoms with Gasteiger partial charge < -0.3 is 9.73 Å². The first-order valence-corrected chi connectivity index (χ1v) is 24.9. The average Bonchev–Trinajstić information content (AvgIpc) is 3.11. The van der Waals surface area contributed by atoms with Gasteiger partial charge in [0.15, 0.2) is 0 Å². The standard InChI is InChI=1S/C43H47N3O12S4/c1-22(2)46(23(3)4)59(47,48)37-14-12-11-13-32(37)39-31-16-15-30(44-40-24(5)17-26(7)42(28(40)9)61(52,53)54)19-35(31)58-36-21-34(38(20-33(36)39)60(49,50)51)45-41-25(6)18-27(8)43(29(41)10)62(55,56)57/h11-23,44H,1-10H3,(H,49,50,51)(H,52,53,54)(H,55,56,57). The molecule has 2 aliphatic rings. The van der Waals surface area contributed by atoms with Gasteiger partial charge in [0.2, 0.25) is 10.0 Å². The number of aryl methyl sites for hydroxylation is 4. The highest BCUT2D eigenvalue weighted by molar-refractivity contribution is 7.89. The van der Waals surface area contributed by atoms with Crippen LogP contribution < -0.4 is 10.7 Å². The molecule has 6 rings (SSSR count). The summed E-state index contributed by atoms with van der Waals surface area (Å²) in [5.74, 6) is -0.0265. The van der Waals surface area contributed by atoms with Gasteiger partial charge in [-0.25, -0.2) is 13.4 Å². The van der Waals surface area contributed by atoms with E-state index in [-0.39, 0.29) is 65.6 Å². The van der Waals surface area contributed by atoms with Crippen LogP contribution in [0.3, 0.4) is 0 Å². The highest BCUT2D eigenvalue weighted by atomic mass is 32.2. The van der Waals surface area contributed by atoms with Crippen LogP contribution in [0, 0.1) is 41.5 Å². The molecule has 0 radical (unpaired) electrons. The van der Waals surface area contributed by atoms with Gasteiger partial charge >= 0.3 is 0 Å². The van der Waals surface area contributed by atoms with Crippen LogP contribution in [0.2, 0.25) is 0 Å². The molecule has 0 saturated heterocycles. The topological polar surface area (TPSA) is 238 Å². The van der Waals surface area contributed by atoms with Crippen molar-refractivity contribution in [3.05, 3.63) is 105 Å². The van der Waals surface area contributed by atoms with E-state index in [1.165, 1.54) is 36.4 Å². The molecule has 330 valence electrons. The van der Waals surface area contributed by atoms with Gasteiger partial charge in [-0.3, -0.25) is 13.7 Å². The summed E-state index contributed by atoms with van der Waals surface area (Å²) in [6.45, 7) is 16.3. The summed E-state index contributed by atoms with van der Waals surface area (Å²) in [5.41, 5.74) is 3.25. The number of benzene rings is 5. The fourth-order valence-electron chi connectivity index (χ4n) is 8.48. The Hall–Kier alpha value is -4.99. The van der Waals surface area contributed by atoms with Crippen LogP contribution in [0.15, 0.2) is 95.7 Å². The van der Waals surface area contributed by atoms with Crippen LogP contribution >= 0.6 is 0 Å². The lowest BCUT2D eigenvalue weighted by molar-refractivity contribution is 0.302. The normalized spacial score (nSPS) is 13.3. The molecule has 0 bridgehead atoms. The summed E-state index contributed by atoms with van der Waals surface area (Å²) < 4.78 is 144. The molecule has 0 unspecified atom stereocenters. The van der Waals surface area contributed by atoms with E-state index in [2.05, 4.69) is 10.3 Å². The Balaban J connectivity index is 1.77. The molecule has 15 nitrogen and oxygen atoms in total. The van der Waals surface area contributed by atoms with Crippen LogP contribution in [0.25, 0.3) is 33.4 Å². The molecule has 4 aromatic carbocycles. The number of nitrogens with one attached hydrogen (secondary N) is 1. The van der Waals surface area contributed by atoms with Gasteiger partial charge in [0, 0.05) is 57.7 Å². The first kappa shape index (κ1) is 46.5. The summed E-state index contributed by atoms with van der Waals surface area (Å²) in [6, 6.07) is 15.5. The number of anilines is 2. The molecular weight excluding hydrogens is 879 g/mol. The SMILES string of the molecule is Cc1cc(C)c(S(=O)(=O)O)c(C)c1N=c1cc2oc3cc(Nc4c(C)cc(C)c(S(=O)(=O)O)c4C)ccc3c(-c3ccccc3S(=O)(=O)N(C(C)C)C(C)C)c-2cc1S(=O)(=O)O. The zero-order valence-corrected chi connectivity index (χ0v) is 38.8. The summed E-state index contributed by atoms with van der Waals surface area (Å²) >= 11 is 0. The van der Waals surface area contributed by atoms with Crippen LogP contribution in [0.4, 0.5) is 17.1 Å². The minimum atomic E-state index is -5.11. The van der Waals surface area contributed by atoms with Crippen molar-refractivity contribution >= 4 is 68.4 Å². The summed E-state index contributed by atoms with van der Waals surface area (Å²) in [5, 5.41) is 3.17. The number of sulfonamides is 1. The lowest BCUT2D eigenvalue weighted by atomic mass is 9.93. The molecular formula is C43H47N3O12S4. The molecule has 0 atom stereocenters. The van der Waals surface area contributed by atoms with Gasteiger partial charge in [-0.2, -0.15) is 29.6 Å². The zero-order chi connectivity index (χ0) is 46.2. The number of nitrogens with zero attached hydrogens (tertiary/aromatic N) is 2. The summed E-state index contributed by atoms with van der Waals surface area (Å²) in [7, 11) is -18.7. The molecule has 0 aromatic heterocycles. The highest BCUT2D eigenvalue weighted by Crippen LogP contribution is 2.45. The van der Waals surface area contributed by atoms with E-state index in [4.69, 9.17) is 4.42 Å². The van der Waals surface area contributed by atoms with E-state index in [0.29, 0.717) is 33.5 Å². The molecule has 1 aliphatic heterocycles. The second kappa shape index (κ2) is 16.3. The van der Waals surface area contributed by atoms with E-state index in [1.807, 2.05) is 0 Å². The smallest absolute Gasteiger partial charge is 0.296 e. The third kappa shape index (κ3) is 8.55. The van der Waals surface area contributed by atoms with Crippen molar-refractivity contribution in [2.24, 2.45) is 4.99 Å². The van der Waals surface area contributed by atoms with Crippen molar-refractivity contribution in [3.63, 3.8) is 0 Å². The van der Waals surface area contributed by atoms with E-state index in [0.717, 1.165) is 6.07 Å². The van der Waals surface area contributed by atoms with Crippen LogP contribution in [0.1, 0.15) is 61.1 Å². The Morgan fingerprint density at radius 2 is 1.18 bits per heavy atom. The Morgan fingerprint density at radius 1 is 0.613 bits per heavy atom. The molecule has 0 spiro atoms. The van der Waals surface area contributed by atoms with Crippen LogP contribution in [-0.2, 0) is 40.4 Å². The van der Waals surface area contributed by atoms with Crippen molar-refractivity contribution in [1.29, 1.82) is 0 Å². The lowest BCUT2D eigenvalue weighted by Gasteiger charge is -2.30. The number of hydrogen-bond donors (Lipinski definition) is 4. The molecule has 4 N–H and O–H groups in total. The number of rotatable bonds is 11. The van der Waals surface area contributed by atoms with Gasteiger partial charge in [0.25, 0.3) is 30.4 Å². The second-order valence-corrected chi connectivity index (χ2v) is 21.8. The van der Waals surface area contributed by atoms with E-state index in [9.17, 15) is 47.3 Å². The van der Waals surface area contributed by atoms with Crippen molar-refractivity contribution < 1.29 is 51.7 Å². The maximum absolute atomic E-state index is 14.6. The molecule has 1 heterocycles. The molecule has 1 aliphatic carbocycles. The fourth-order valence-corrected chi connectivity index (χ4v) is 13.1. The van der Waals surface area contributed by atoms with Gasteiger partial charge in [0.1, 0.15) is 26.0 Å². The Kier molecular flexibility index (Phi) is 12.2. The maximum Gasteiger partial charge on any atom is 0.296 e. The minimum absolute atomic E-state index is 0.00743. The van der Waals surface area contributed by atoms with E-state index < -0.39 is 62.3 Å². The van der Waals surface area contributed by atoms with Gasteiger partial charge in [-0.1, -0.05) is 30.3 Å². The third-order valence-corrected chi connectivity index (χ3v) is 16.1. The fraction of sp³-hybridized carbons (Fsp3) is 0.279. The maximum atomic E-state index is 14.6. The third-order valence-electron chi connectivity index (χ3n) is 10.6. The Labute approximate surface area is 361 Å². The molecule has 19 heteroatoms. The predicted octanol–water partition coefficient (Wildman–Crippen LogP) is 8.58. The average molecular weight is 926 g/mol. The second-order valence-electron chi connectivity index (χ2n) is 15.8. The van der Waals surface area contributed by atoms with Crippen molar-refractivity contribution in [1.82, 2.24) is 4.31 Å². The minimum Gasteiger partial charge on any atom is -0.456 e. The first-order valence-electron chi connectivity index (χ1n) is 19.2. The van der Waals surface area contributed by atoms with Gasteiger partial charge in [-0.05, 0) is 127 Å².